The summed E-state index contributed by atoms with van der Waals surface area (Å²) in [5, 5.41) is 72.6. The molecule has 344 valence electrons. The lowest BCUT2D eigenvalue weighted by Gasteiger charge is -2.36. The van der Waals surface area contributed by atoms with Gasteiger partial charge in [-0.2, -0.15) is 0 Å². The fourth-order valence-corrected chi connectivity index (χ4v) is 13.7. The van der Waals surface area contributed by atoms with Crippen LogP contribution in [0.1, 0.15) is 80.2 Å². The number of aromatic hydroxyl groups is 1. The Bertz CT molecular complexity index is 2180. The number of benzene rings is 2. The van der Waals surface area contributed by atoms with Crippen LogP contribution in [0.3, 0.4) is 0 Å². The smallest absolute Gasteiger partial charge is 0.161 e. The first kappa shape index (κ1) is 46.7. The summed E-state index contributed by atoms with van der Waals surface area (Å²) >= 11 is 0. The largest absolute Gasteiger partial charge is 0.504 e. The molecule has 0 radical (unpaired) electrons. The maximum atomic E-state index is 12.3. The number of aliphatic hydroxyl groups excluding tert-OH is 5. The topological polar surface area (TPSA) is 184 Å². The number of phenols is 1. The minimum atomic E-state index is -1.05. The van der Waals surface area contributed by atoms with Crippen LogP contribution in [0.2, 0.25) is 0 Å². The molecule has 3 aliphatic carbocycles. The maximum Gasteiger partial charge on any atom is 0.161 e. The van der Waals surface area contributed by atoms with Gasteiger partial charge in [0.05, 0.1) is 18.3 Å². The van der Waals surface area contributed by atoms with Gasteiger partial charge in [0.2, 0.25) is 0 Å². The summed E-state index contributed by atoms with van der Waals surface area (Å²) in [5.74, 6) is 7.74. The summed E-state index contributed by atoms with van der Waals surface area (Å²) < 4.78 is 6.88. The van der Waals surface area contributed by atoms with Crippen molar-refractivity contribution in [3.05, 3.63) is 118 Å². The second-order valence-corrected chi connectivity index (χ2v) is 21.2. The van der Waals surface area contributed by atoms with Gasteiger partial charge in [-0.05, 0) is 116 Å². The van der Waals surface area contributed by atoms with Crippen molar-refractivity contribution in [2.45, 2.75) is 101 Å². The van der Waals surface area contributed by atoms with Gasteiger partial charge >= 0.3 is 0 Å². The lowest BCUT2D eigenvalue weighted by Crippen LogP contribution is -2.42. The Labute approximate surface area is 386 Å². The highest BCUT2D eigenvalue weighted by Gasteiger charge is 2.43. The highest BCUT2D eigenvalue weighted by atomic mass is 33.1. The number of aromatic nitrogens is 1. The van der Waals surface area contributed by atoms with E-state index in [1.54, 1.807) is 27.7 Å². The molecular formula is C52H67N3O7S2. The number of dihydropyridines is 1. The minimum Gasteiger partial charge on any atom is -0.504 e. The van der Waals surface area contributed by atoms with Crippen molar-refractivity contribution in [2.24, 2.45) is 47.2 Å². The summed E-state index contributed by atoms with van der Waals surface area (Å²) in [6.45, 7) is 2.58. The Kier molecular flexibility index (Phi) is 15.8. The van der Waals surface area contributed by atoms with Crippen molar-refractivity contribution in [2.75, 3.05) is 31.3 Å². The van der Waals surface area contributed by atoms with Crippen LogP contribution in [0.15, 0.2) is 95.5 Å². The third kappa shape index (κ3) is 10.6. The van der Waals surface area contributed by atoms with Gasteiger partial charge in [-0.25, -0.2) is 0 Å². The first-order valence-electron chi connectivity index (χ1n) is 23.5. The van der Waals surface area contributed by atoms with Gasteiger partial charge in [0.25, 0.3) is 0 Å². The molecule has 10 nitrogen and oxygen atoms in total. The van der Waals surface area contributed by atoms with E-state index in [1.807, 2.05) is 36.5 Å². The number of H-pyrrole nitrogens is 1. The molecule has 0 saturated carbocycles. The van der Waals surface area contributed by atoms with Crippen molar-refractivity contribution in [3.63, 3.8) is 0 Å². The number of nitrogens with one attached hydrogen (secondary N) is 2. The fraction of sp³-hybridized carbons (Fsp3) is 0.538. The number of allylic oxidation sites excluding steroid dienone is 3. The molecule has 3 aromatic rings. The zero-order chi connectivity index (χ0) is 44.7. The van der Waals surface area contributed by atoms with Gasteiger partial charge in [-0.1, -0.05) is 101 Å². The van der Waals surface area contributed by atoms with Crippen LogP contribution >= 0.6 is 21.6 Å². The van der Waals surface area contributed by atoms with E-state index < -0.39 is 36.3 Å². The molecular weight excluding hydrogens is 843 g/mol. The Morgan fingerprint density at radius 2 is 1.78 bits per heavy atom. The van der Waals surface area contributed by atoms with Gasteiger partial charge in [0.15, 0.2) is 11.5 Å². The van der Waals surface area contributed by atoms with E-state index in [1.165, 1.54) is 11.1 Å². The first-order valence-corrected chi connectivity index (χ1v) is 26.0. The van der Waals surface area contributed by atoms with Crippen molar-refractivity contribution in [1.29, 1.82) is 0 Å². The highest BCUT2D eigenvalue weighted by Crippen LogP contribution is 2.51. The Morgan fingerprint density at radius 1 is 0.953 bits per heavy atom. The number of hydrogen-bond acceptors (Lipinski definition) is 11. The van der Waals surface area contributed by atoms with Crippen molar-refractivity contribution in [3.8, 4) is 23.3 Å². The normalized spacial score (nSPS) is 31.6. The SMILES string of the molecule is CC[C@@H]1Cc2cc(O)c(O[C@@H]3C[C@H](Cc4ccc[nH]4)C4=CCNC(N)=C4CSSC[C@H](CO)[C@H]3O)cc2[C@H]2C[C@@H](O)[C@@H]3[C@@H](C#C[C@H]([C@H](CO)Cc4ccccc4)CCCC[C@@H]3O)C=C12. The Morgan fingerprint density at radius 3 is 2.55 bits per heavy atom. The maximum absolute atomic E-state index is 12.3. The molecule has 12 heteroatoms. The van der Waals surface area contributed by atoms with Gasteiger partial charge in [-0.15, -0.1) is 0 Å². The Balaban J connectivity index is 1.15. The zero-order valence-corrected chi connectivity index (χ0v) is 38.6. The number of nitrogens with two attached hydrogens (primary N) is 1. The molecule has 0 amide bonds. The van der Waals surface area contributed by atoms with Crippen LogP contribution in [0.5, 0.6) is 11.5 Å². The quantitative estimate of drug-likeness (QED) is 0.0594. The molecule has 2 aliphatic heterocycles. The van der Waals surface area contributed by atoms with Gasteiger partial charge < -0.3 is 51.4 Å². The van der Waals surface area contributed by atoms with Crippen molar-refractivity contribution >= 4 is 21.6 Å². The molecule has 1 saturated heterocycles. The summed E-state index contributed by atoms with van der Waals surface area (Å²) in [4.78, 5) is 3.36. The van der Waals surface area contributed by atoms with Gasteiger partial charge in [-0.3, -0.25) is 0 Å². The summed E-state index contributed by atoms with van der Waals surface area (Å²) in [6.07, 6.45) is 9.76. The number of aliphatic hydroxyl groups is 5. The van der Waals surface area contributed by atoms with Crippen LogP contribution in [0, 0.1) is 53.3 Å². The average molecular weight is 910 g/mol. The molecule has 10 N–H and O–H groups in total. The minimum absolute atomic E-state index is 0.00977. The molecule has 0 unspecified atom stereocenters. The summed E-state index contributed by atoms with van der Waals surface area (Å²) in [6, 6.07) is 18.0. The second kappa shape index (κ2) is 21.7. The predicted octanol–water partition coefficient (Wildman–Crippen LogP) is 6.78. The van der Waals surface area contributed by atoms with E-state index in [9.17, 15) is 30.6 Å². The number of fused-ring (bicyclic) bond motifs is 5. The summed E-state index contributed by atoms with van der Waals surface area (Å²) in [5.41, 5.74) is 14.1. The first-order chi connectivity index (χ1) is 31.1. The van der Waals surface area contributed by atoms with Crippen LogP contribution in [0.4, 0.5) is 0 Å². The van der Waals surface area contributed by atoms with Crippen molar-refractivity contribution in [1.82, 2.24) is 10.3 Å². The molecule has 12 atom stereocenters. The lowest BCUT2D eigenvalue weighted by molar-refractivity contribution is -0.0214. The van der Waals surface area contributed by atoms with E-state index in [0.717, 1.165) is 60.1 Å². The number of rotatable bonds is 10. The third-order valence-corrected chi connectivity index (χ3v) is 17.1. The molecule has 0 bridgehead atoms. The average Bonchev–Trinajstić information content (AvgIpc) is 3.76. The van der Waals surface area contributed by atoms with Crippen molar-refractivity contribution < 1.29 is 35.4 Å². The van der Waals surface area contributed by atoms with E-state index >= 15 is 0 Å². The van der Waals surface area contributed by atoms with E-state index in [2.05, 4.69) is 59.4 Å². The van der Waals surface area contributed by atoms with Crippen LogP contribution < -0.4 is 15.8 Å². The van der Waals surface area contributed by atoms with Gasteiger partial charge in [0.1, 0.15) is 11.9 Å². The van der Waals surface area contributed by atoms with Gasteiger partial charge in [0, 0.05) is 78.3 Å². The van der Waals surface area contributed by atoms with E-state index in [0.29, 0.717) is 56.0 Å². The number of phenolic OH excluding ortho intramolecular Hbond substituents is 1. The zero-order valence-electron chi connectivity index (χ0n) is 36.9. The fourth-order valence-electron chi connectivity index (χ4n) is 11.2. The number of aromatic amines is 1. The second-order valence-electron chi connectivity index (χ2n) is 18.7. The molecule has 1 fully saturated rings. The van der Waals surface area contributed by atoms with Crippen LogP contribution in [-0.4, -0.2) is 91.3 Å². The van der Waals surface area contributed by atoms with E-state index in [4.69, 9.17) is 10.5 Å². The molecule has 3 heterocycles. The molecule has 8 rings (SSSR count). The van der Waals surface area contributed by atoms with E-state index in [-0.39, 0.29) is 60.2 Å². The monoisotopic (exact) mass is 909 g/mol. The highest BCUT2D eigenvalue weighted by molar-refractivity contribution is 8.76. The predicted molar refractivity (Wildman–Crippen MR) is 256 cm³/mol. The lowest BCUT2D eigenvalue weighted by atomic mass is 9.70. The third-order valence-electron chi connectivity index (χ3n) is 14.7. The summed E-state index contributed by atoms with van der Waals surface area (Å²) in [7, 11) is 3.26. The molecule has 5 aliphatic rings. The molecule has 1 aromatic heterocycles. The number of hydrogen-bond donors (Lipinski definition) is 9. The number of ether oxygens (including phenoxy) is 1. The Hall–Kier alpha value is -3.80. The molecule has 2 aromatic carbocycles. The standard InChI is InChI=1S/C52H67N3O7S2/c1-2-32-20-35-23-46(59)48(62-49-24-36(21-39-12-8-17-54-39)40-16-18-55-52(53)44(40)30-64-63-29-38(28-57)51(49)61)26-42(35)43-25-47(60)50-34(22-41(32)43)15-14-33(11-6-7-13-45(50)58)37(27-56)19-31-9-4-3-5-10-31/h3-5,8-10,12,16-17,22-23,26,32-34,36-38,43,45,47,49-51,54-61H,2,6-7,11,13,18-21,24-25,27-30,53H2,1H3/t32-,33-,34+,36+,37+,38+,43+,45+,47-,49-,50-,51-/m1/s1. The molecule has 64 heavy (non-hydrogen) atoms. The van der Waals surface area contributed by atoms with Crippen LogP contribution in [0.25, 0.3) is 0 Å². The van der Waals surface area contributed by atoms with Crippen LogP contribution in [-0.2, 0) is 19.3 Å². The molecule has 0 spiro atoms.